The number of aliphatic hydroxyl groups excluding tert-OH is 1. The van der Waals surface area contributed by atoms with Gasteiger partial charge in [-0.15, -0.1) is 0 Å². The second-order valence-corrected chi connectivity index (χ2v) is 9.06. The van der Waals surface area contributed by atoms with Crippen molar-refractivity contribution in [2.24, 2.45) is 22.2 Å². The van der Waals surface area contributed by atoms with Gasteiger partial charge in [-0.05, 0) is 38.2 Å². The molecular formula is C24H37N7O6. The summed E-state index contributed by atoms with van der Waals surface area (Å²) in [6, 6.07) is 4.46. The Balaban J connectivity index is 2.14. The van der Waals surface area contributed by atoms with Crippen LogP contribution in [-0.4, -0.2) is 88.1 Å². The molecule has 1 aliphatic heterocycles. The lowest BCUT2D eigenvalue weighted by Crippen LogP contribution is -2.60. The lowest BCUT2D eigenvalue weighted by molar-refractivity contribution is -0.149. The molecule has 1 aliphatic rings. The van der Waals surface area contributed by atoms with Crippen LogP contribution in [0.1, 0.15) is 38.2 Å². The minimum absolute atomic E-state index is 0.0768. The minimum Gasteiger partial charge on any atom is -0.480 e. The molecule has 13 nitrogen and oxygen atoms in total. The van der Waals surface area contributed by atoms with Gasteiger partial charge in [0.05, 0.1) is 12.1 Å². The quantitative estimate of drug-likeness (QED) is 0.0870. The number of aliphatic carboxylic acids is 1. The number of guanidine groups is 1. The number of nitrogens with two attached hydrogens (primary N) is 3. The fourth-order valence-corrected chi connectivity index (χ4v) is 4.11. The monoisotopic (exact) mass is 519 g/mol. The molecule has 5 atom stereocenters. The fourth-order valence-electron chi connectivity index (χ4n) is 4.11. The van der Waals surface area contributed by atoms with Crippen molar-refractivity contribution in [2.45, 2.75) is 69.3 Å². The van der Waals surface area contributed by atoms with Crippen LogP contribution in [-0.2, 0) is 25.6 Å². The smallest absolute Gasteiger partial charge is 0.326 e. The number of nitrogens with zero attached hydrogens (tertiary/aromatic N) is 2. The number of hydrogen-bond acceptors (Lipinski definition) is 7. The van der Waals surface area contributed by atoms with Crippen molar-refractivity contribution in [3.05, 3.63) is 35.9 Å². The van der Waals surface area contributed by atoms with Crippen LogP contribution in [0.2, 0.25) is 0 Å². The summed E-state index contributed by atoms with van der Waals surface area (Å²) in [6.45, 7) is 1.85. The second-order valence-electron chi connectivity index (χ2n) is 9.06. The zero-order valence-electron chi connectivity index (χ0n) is 20.9. The number of nitrogens with one attached hydrogen (secondary N) is 2. The normalized spacial score (nSPS) is 18.2. The highest BCUT2D eigenvalue weighted by Gasteiger charge is 2.39. The van der Waals surface area contributed by atoms with E-state index in [4.69, 9.17) is 17.2 Å². The van der Waals surface area contributed by atoms with E-state index in [1.165, 1.54) is 11.8 Å². The number of likely N-dealkylation sites (tertiary alicyclic amines) is 1. The molecule has 1 aromatic rings. The van der Waals surface area contributed by atoms with Crippen LogP contribution in [0.25, 0.3) is 0 Å². The van der Waals surface area contributed by atoms with Gasteiger partial charge >= 0.3 is 5.97 Å². The number of carboxylic acids is 1. The van der Waals surface area contributed by atoms with Gasteiger partial charge in [0.25, 0.3) is 0 Å². The van der Waals surface area contributed by atoms with Gasteiger partial charge in [-0.1, -0.05) is 30.3 Å². The topological polar surface area (TPSA) is 226 Å². The van der Waals surface area contributed by atoms with Gasteiger partial charge in [-0.2, -0.15) is 0 Å². The maximum absolute atomic E-state index is 13.4. The van der Waals surface area contributed by atoms with Gasteiger partial charge in [-0.25, -0.2) is 4.79 Å². The van der Waals surface area contributed by atoms with Crippen molar-refractivity contribution < 1.29 is 29.4 Å². The van der Waals surface area contributed by atoms with Crippen LogP contribution in [0.5, 0.6) is 0 Å². The Kier molecular flexibility index (Phi) is 11.3. The Hall–Kier alpha value is -3.71. The number of carbonyl (C=O) groups is 4. The number of rotatable bonds is 13. The van der Waals surface area contributed by atoms with Gasteiger partial charge < -0.3 is 42.9 Å². The predicted molar refractivity (Wildman–Crippen MR) is 136 cm³/mol. The van der Waals surface area contributed by atoms with Crippen LogP contribution >= 0.6 is 0 Å². The van der Waals surface area contributed by atoms with Crippen molar-refractivity contribution in [1.82, 2.24) is 15.5 Å². The first kappa shape index (κ1) is 29.5. The van der Waals surface area contributed by atoms with E-state index in [9.17, 15) is 29.4 Å². The minimum atomic E-state index is -1.39. The molecule has 1 heterocycles. The zero-order chi connectivity index (χ0) is 27.5. The lowest BCUT2D eigenvalue weighted by Gasteiger charge is -2.29. The zero-order valence-corrected chi connectivity index (χ0v) is 20.9. The Morgan fingerprint density at radius 2 is 1.81 bits per heavy atom. The summed E-state index contributed by atoms with van der Waals surface area (Å²) in [5.41, 5.74) is 17.2. The third kappa shape index (κ3) is 9.03. The molecule has 1 saturated heterocycles. The standard InChI is InChI=1S/C24H37N7O6/c1-14(32)19(30-20(33)16(25)9-5-11-28-24(26)27)21(34)29-17(13-15-7-3-2-4-8-15)22(35)31-12-6-10-18(31)23(36)37/h2-4,7-8,14,16-19,32H,5-6,9-13,25H2,1H3,(H,29,34)(H,30,33)(H,36,37)(H4,26,27,28). The van der Waals surface area contributed by atoms with Crippen molar-refractivity contribution in [2.75, 3.05) is 13.1 Å². The molecule has 0 aliphatic carbocycles. The molecule has 2 rings (SSSR count). The number of aliphatic imine (C=N–C) groups is 1. The van der Waals surface area contributed by atoms with Crippen molar-refractivity contribution in [3.8, 4) is 0 Å². The van der Waals surface area contributed by atoms with E-state index >= 15 is 0 Å². The Bertz CT molecular complexity index is 968. The van der Waals surface area contributed by atoms with Gasteiger partial charge in [0, 0.05) is 19.5 Å². The summed E-state index contributed by atoms with van der Waals surface area (Å²) in [5.74, 6) is -3.20. The molecular weight excluding hydrogens is 482 g/mol. The maximum atomic E-state index is 13.4. The molecule has 5 unspecified atom stereocenters. The Morgan fingerprint density at radius 1 is 1.14 bits per heavy atom. The van der Waals surface area contributed by atoms with Gasteiger partial charge in [0.2, 0.25) is 17.7 Å². The van der Waals surface area contributed by atoms with Gasteiger partial charge in [0.15, 0.2) is 5.96 Å². The average molecular weight is 520 g/mol. The predicted octanol–water partition coefficient (Wildman–Crippen LogP) is -1.96. The molecule has 37 heavy (non-hydrogen) atoms. The summed E-state index contributed by atoms with van der Waals surface area (Å²) in [6.07, 6.45) is 0.301. The number of benzene rings is 1. The number of aliphatic hydroxyl groups is 1. The highest BCUT2D eigenvalue weighted by Crippen LogP contribution is 2.20. The molecule has 1 fully saturated rings. The largest absolute Gasteiger partial charge is 0.480 e. The van der Waals surface area contributed by atoms with Gasteiger partial charge in [0.1, 0.15) is 18.1 Å². The Labute approximate surface area is 215 Å². The number of amides is 3. The van der Waals surface area contributed by atoms with E-state index in [2.05, 4.69) is 15.6 Å². The van der Waals surface area contributed by atoms with E-state index in [1.54, 1.807) is 30.3 Å². The van der Waals surface area contributed by atoms with Crippen molar-refractivity contribution >= 4 is 29.7 Å². The first-order valence-corrected chi connectivity index (χ1v) is 12.2. The molecule has 0 radical (unpaired) electrons. The highest BCUT2D eigenvalue weighted by atomic mass is 16.4. The third-order valence-electron chi connectivity index (χ3n) is 6.09. The molecule has 0 saturated carbocycles. The molecule has 204 valence electrons. The van der Waals surface area contributed by atoms with E-state index < -0.39 is 54.0 Å². The second kappa shape index (κ2) is 14.1. The lowest BCUT2D eigenvalue weighted by atomic mass is 10.0. The molecule has 0 bridgehead atoms. The first-order chi connectivity index (χ1) is 17.5. The third-order valence-corrected chi connectivity index (χ3v) is 6.09. The summed E-state index contributed by atoms with van der Waals surface area (Å²) < 4.78 is 0. The summed E-state index contributed by atoms with van der Waals surface area (Å²) in [7, 11) is 0. The van der Waals surface area contributed by atoms with Gasteiger partial charge in [-0.3, -0.25) is 19.4 Å². The van der Waals surface area contributed by atoms with E-state index in [1.807, 2.05) is 0 Å². The summed E-state index contributed by atoms with van der Waals surface area (Å²) >= 11 is 0. The average Bonchev–Trinajstić information content (AvgIpc) is 3.34. The number of carboxylic acid groups (broad SMARTS) is 1. The van der Waals surface area contributed by atoms with Crippen LogP contribution in [0.15, 0.2) is 35.3 Å². The van der Waals surface area contributed by atoms with Crippen LogP contribution in [0, 0.1) is 0 Å². The molecule has 13 heteroatoms. The highest BCUT2D eigenvalue weighted by molar-refractivity contribution is 5.94. The first-order valence-electron chi connectivity index (χ1n) is 12.2. The van der Waals surface area contributed by atoms with Crippen LogP contribution in [0.3, 0.4) is 0 Å². The van der Waals surface area contributed by atoms with Crippen molar-refractivity contribution in [3.63, 3.8) is 0 Å². The van der Waals surface area contributed by atoms with E-state index in [0.29, 0.717) is 19.3 Å². The molecule has 0 spiro atoms. The molecule has 3 amide bonds. The van der Waals surface area contributed by atoms with Crippen LogP contribution in [0.4, 0.5) is 0 Å². The van der Waals surface area contributed by atoms with E-state index in [0.717, 1.165) is 5.56 Å². The number of hydrogen-bond donors (Lipinski definition) is 7. The van der Waals surface area contributed by atoms with Crippen molar-refractivity contribution in [1.29, 1.82) is 0 Å². The molecule has 1 aromatic carbocycles. The SMILES string of the molecule is CC(O)C(NC(=O)C(N)CCCN=C(N)N)C(=O)NC(Cc1ccccc1)C(=O)N1CCCC1C(=O)O. The maximum Gasteiger partial charge on any atom is 0.326 e. The summed E-state index contributed by atoms with van der Waals surface area (Å²) in [4.78, 5) is 55.8. The Morgan fingerprint density at radius 3 is 2.41 bits per heavy atom. The van der Waals surface area contributed by atoms with Crippen LogP contribution < -0.4 is 27.8 Å². The summed E-state index contributed by atoms with van der Waals surface area (Å²) in [5, 5.41) is 24.8. The number of carbonyl (C=O) groups excluding carboxylic acids is 3. The fraction of sp³-hybridized carbons (Fsp3) is 0.542. The molecule has 10 N–H and O–H groups in total. The molecule has 0 aromatic heterocycles. The van der Waals surface area contributed by atoms with E-state index in [-0.39, 0.29) is 31.9 Å².